The van der Waals surface area contributed by atoms with Crippen molar-refractivity contribution in [3.05, 3.63) is 253 Å². The molecule has 6 aromatic heterocycles. The molecule has 0 radical (unpaired) electrons. The lowest BCUT2D eigenvalue weighted by atomic mass is 10.2. The molecule has 14 aromatic rings. The summed E-state index contributed by atoms with van der Waals surface area (Å²) < 4.78 is 12.9. The van der Waals surface area contributed by atoms with Gasteiger partial charge in [0.1, 0.15) is 11.3 Å². The molecule has 16 rings (SSSR count). The molecular weight excluding hydrogens is 1330 g/mol. The number of nitrogens with zero attached hydrogens (tertiary/aromatic N) is 4. The minimum absolute atomic E-state index is 0.845. The van der Waals surface area contributed by atoms with E-state index in [4.69, 9.17) is 9.15 Å². The van der Waals surface area contributed by atoms with E-state index in [9.17, 15) is 0 Å². The highest BCUT2D eigenvalue weighted by Gasteiger charge is 2.09. The molecule has 2 aliphatic heterocycles. The van der Waals surface area contributed by atoms with Crippen molar-refractivity contribution in [1.82, 2.24) is 35.1 Å². The van der Waals surface area contributed by atoms with Gasteiger partial charge in [0.25, 0.3) is 0 Å². The van der Waals surface area contributed by atoms with Gasteiger partial charge in [0.05, 0.1) is 51.4 Å². The normalized spacial score (nSPS) is 8.85. The highest BCUT2D eigenvalue weighted by Crippen LogP contribution is 2.30. The SMILES string of the molecule is CC.CC.CC.CC.CC.CC.CC.CC.CC.CC.CC.CC.CC.CC.CC.CC.c1ccc2[nH]ccc2c1.c1ccc2[nH]cnc2c1.c1ccc2[nH]ncc2c1.c1ccc2c(c1)CCO2.c1ccc2c(c1)CCS2.c1ccc2ocnc2c1.c1ccc2sccc2c1.c1ccc2scnc2c1. The van der Waals surface area contributed by atoms with Crippen molar-refractivity contribution in [2.75, 3.05) is 12.4 Å². The Labute approximate surface area is 649 Å². The van der Waals surface area contributed by atoms with E-state index < -0.39 is 0 Å². The maximum absolute atomic E-state index is 5.30. The number of benzene rings is 8. The molecule has 104 heavy (non-hydrogen) atoms. The highest BCUT2D eigenvalue weighted by atomic mass is 32.2. The zero-order valence-electron chi connectivity index (χ0n) is 71.3. The molecular formula is C92H147N7O2S3. The average molecular weight is 1480 g/mol. The Morgan fingerprint density at radius 3 is 1.36 bits per heavy atom. The molecule has 2 aliphatic rings. The summed E-state index contributed by atoms with van der Waals surface area (Å²) in [6, 6.07) is 69.4. The van der Waals surface area contributed by atoms with Crippen LogP contribution in [0.25, 0.3) is 64.2 Å². The molecule has 0 unspecified atom stereocenters. The van der Waals surface area contributed by atoms with Gasteiger partial charge >= 0.3 is 0 Å². The number of hydrogen-bond acceptors (Lipinski definition) is 9. The lowest BCUT2D eigenvalue weighted by molar-refractivity contribution is 0.357. The molecule has 0 bridgehead atoms. The molecule has 0 aliphatic carbocycles. The highest BCUT2D eigenvalue weighted by molar-refractivity contribution is 7.99. The third kappa shape index (κ3) is 49.4. The van der Waals surface area contributed by atoms with E-state index in [1.807, 2.05) is 373 Å². The first-order valence-corrected chi connectivity index (χ1v) is 42.2. The second-order valence-corrected chi connectivity index (χ2v) is 18.9. The van der Waals surface area contributed by atoms with Crippen molar-refractivity contribution >= 4 is 98.7 Å². The Hall–Kier alpha value is -8.29. The van der Waals surface area contributed by atoms with Crippen LogP contribution in [0.5, 0.6) is 5.75 Å². The van der Waals surface area contributed by atoms with Gasteiger partial charge in [-0.15, -0.1) is 34.4 Å². The Morgan fingerprint density at radius 1 is 0.346 bits per heavy atom. The fourth-order valence-corrected chi connectivity index (χ4v) is 10.1. The summed E-state index contributed by atoms with van der Waals surface area (Å²) >= 11 is 5.43. The predicted octanol–water partition coefficient (Wildman–Crippen LogP) is 32.7. The van der Waals surface area contributed by atoms with Crippen LogP contribution in [0.2, 0.25) is 0 Å². The molecule has 0 saturated carbocycles. The number of imidazole rings is 1. The number of oxazole rings is 1. The number of aromatic nitrogens is 7. The summed E-state index contributed by atoms with van der Waals surface area (Å²) in [4.78, 5) is 19.8. The number of thiophene rings is 1. The molecule has 9 nitrogen and oxygen atoms in total. The van der Waals surface area contributed by atoms with Gasteiger partial charge in [0.2, 0.25) is 0 Å². The zero-order chi connectivity index (χ0) is 80.8. The molecule has 580 valence electrons. The molecule has 8 heterocycles. The molecule has 12 heteroatoms. The van der Waals surface area contributed by atoms with E-state index in [2.05, 4.69) is 125 Å². The van der Waals surface area contributed by atoms with Gasteiger partial charge in [0, 0.05) is 38.9 Å². The van der Waals surface area contributed by atoms with E-state index in [1.165, 1.54) is 60.3 Å². The van der Waals surface area contributed by atoms with Gasteiger partial charge in [-0.05, 0) is 113 Å². The number of H-pyrrole nitrogens is 3. The maximum atomic E-state index is 5.30. The fraction of sp³-hybridized carbons (Fsp3) is 0.391. The largest absolute Gasteiger partial charge is 0.493 e. The van der Waals surface area contributed by atoms with Gasteiger partial charge in [-0.3, -0.25) is 5.10 Å². The summed E-state index contributed by atoms with van der Waals surface area (Å²) in [6.07, 6.45) is 9.26. The quantitative estimate of drug-likeness (QED) is 0.138. The topological polar surface area (TPSA) is 121 Å². The predicted molar refractivity (Wildman–Crippen MR) is 484 cm³/mol. The maximum Gasteiger partial charge on any atom is 0.181 e. The van der Waals surface area contributed by atoms with Gasteiger partial charge in [-0.1, -0.05) is 349 Å². The van der Waals surface area contributed by atoms with Gasteiger partial charge in [-0.2, -0.15) is 5.10 Å². The molecule has 0 spiro atoms. The number of nitrogens with one attached hydrogen (secondary N) is 3. The Kier molecular flexibility index (Phi) is 97.4. The first-order chi connectivity index (χ1) is 51.7. The summed E-state index contributed by atoms with van der Waals surface area (Å²) in [6.45, 7) is 64.9. The van der Waals surface area contributed by atoms with Crippen LogP contribution >= 0.6 is 34.4 Å². The molecule has 0 amide bonds. The standard InChI is InChI=1S/C8H7N.C8H8O.C8H8S.C8H6S.2C7H6N2.C7H5NO.C7H5NS.16C2H6/c4*1-2-4-8-7(3-1)5-6-9-8;1-2-4-7-6(3-1)8-5-9-7;1-2-4-7-6(3-1)5-8-9-7;2*1-2-4-7-6(3-1)8-5-9-7;16*1-2/h1-6,9H;2*1-4H,5-6H2;1-6H;2*1-5H,(H,8,9);2*1-5H;16*1-2H3. The van der Waals surface area contributed by atoms with Gasteiger partial charge < -0.3 is 19.1 Å². The van der Waals surface area contributed by atoms with Crippen LogP contribution in [0.1, 0.15) is 233 Å². The van der Waals surface area contributed by atoms with Crippen LogP contribution in [0.15, 0.2) is 252 Å². The van der Waals surface area contributed by atoms with Crippen molar-refractivity contribution in [1.29, 1.82) is 0 Å². The molecule has 8 aromatic carbocycles. The lowest BCUT2D eigenvalue weighted by Gasteiger charge is -1.93. The van der Waals surface area contributed by atoms with Crippen LogP contribution in [0, 0.1) is 0 Å². The molecule has 3 N–H and O–H groups in total. The minimum Gasteiger partial charge on any atom is -0.493 e. The third-order valence-electron chi connectivity index (χ3n) is 11.2. The summed E-state index contributed by atoms with van der Waals surface area (Å²) in [5.41, 5.74) is 12.0. The van der Waals surface area contributed by atoms with Crippen LogP contribution in [0.4, 0.5) is 0 Å². The smallest absolute Gasteiger partial charge is 0.181 e. The summed E-state index contributed by atoms with van der Waals surface area (Å²) in [7, 11) is 0. The second kappa shape index (κ2) is 90.8. The number of thioether (sulfide) groups is 1. The van der Waals surface area contributed by atoms with Crippen LogP contribution in [0.3, 0.4) is 0 Å². The minimum atomic E-state index is 0.845. The number of hydrogen-bond donors (Lipinski definition) is 3. The van der Waals surface area contributed by atoms with Gasteiger partial charge in [-0.25, -0.2) is 15.0 Å². The number of aryl methyl sites for hydroxylation is 1. The van der Waals surface area contributed by atoms with Crippen molar-refractivity contribution < 1.29 is 9.15 Å². The van der Waals surface area contributed by atoms with Crippen molar-refractivity contribution in [3.63, 3.8) is 0 Å². The first kappa shape index (κ1) is 112. The summed E-state index contributed by atoms with van der Waals surface area (Å²) in [5, 5.41) is 12.7. The zero-order valence-corrected chi connectivity index (χ0v) is 73.7. The average Bonchev–Trinajstić information content (AvgIpc) is 1.86. The van der Waals surface area contributed by atoms with Crippen LogP contribution in [-0.4, -0.2) is 47.5 Å². The third-order valence-corrected chi connectivity index (χ3v) is 14.0. The molecule has 0 fully saturated rings. The van der Waals surface area contributed by atoms with E-state index in [0.29, 0.717) is 0 Å². The number of rotatable bonds is 0. The lowest BCUT2D eigenvalue weighted by Crippen LogP contribution is -1.85. The van der Waals surface area contributed by atoms with Crippen molar-refractivity contribution in [3.8, 4) is 5.75 Å². The number of para-hydroxylation sites is 8. The van der Waals surface area contributed by atoms with E-state index in [1.54, 1.807) is 29.0 Å². The Bertz CT molecular complexity index is 3010. The van der Waals surface area contributed by atoms with Crippen molar-refractivity contribution in [2.24, 2.45) is 0 Å². The second-order valence-electron chi connectivity index (χ2n) is 16.0. The fourth-order valence-electron chi connectivity index (χ4n) is 7.51. The van der Waals surface area contributed by atoms with Gasteiger partial charge in [0.15, 0.2) is 12.0 Å². The number of fused-ring (bicyclic) bond motifs is 8. The number of aromatic amines is 3. The number of thiazole rings is 1. The van der Waals surface area contributed by atoms with Crippen LogP contribution < -0.4 is 4.74 Å². The first-order valence-electron chi connectivity index (χ1n) is 39.4. The summed E-state index contributed by atoms with van der Waals surface area (Å²) in [5.74, 6) is 2.34. The van der Waals surface area contributed by atoms with Crippen molar-refractivity contribution in [2.45, 2.75) is 239 Å². The Balaban J connectivity index is -0.000000160. The van der Waals surface area contributed by atoms with E-state index >= 15 is 0 Å². The van der Waals surface area contributed by atoms with E-state index in [-0.39, 0.29) is 0 Å². The monoisotopic (exact) mass is 1480 g/mol. The molecule has 0 saturated heterocycles. The molecule has 0 atom stereocenters. The number of ether oxygens (including phenoxy) is 1. The van der Waals surface area contributed by atoms with Crippen LogP contribution in [-0.2, 0) is 12.8 Å². The van der Waals surface area contributed by atoms with E-state index in [0.717, 1.165) is 57.3 Å². The Morgan fingerprint density at radius 2 is 0.817 bits per heavy atom.